The maximum atomic E-state index is 11.9. The van der Waals surface area contributed by atoms with Crippen molar-refractivity contribution >= 4 is 11.8 Å². The molecule has 6 nitrogen and oxygen atoms in total. The molecular formula is C12H15N3O3. The van der Waals surface area contributed by atoms with E-state index >= 15 is 0 Å². The third-order valence-corrected chi connectivity index (χ3v) is 2.75. The SMILES string of the molecule is CNC(=O)c1cc(C(=O)NC2CCOC2)ccn1. The highest BCUT2D eigenvalue weighted by molar-refractivity contribution is 5.98. The number of ether oxygens (including phenoxy) is 1. The molecule has 18 heavy (non-hydrogen) atoms. The summed E-state index contributed by atoms with van der Waals surface area (Å²) < 4.78 is 5.18. The highest BCUT2D eigenvalue weighted by Crippen LogP contribution is 2.07. The second kappa shape index (κ2) is 5.59. The van der Waals surface area contributed by atoms with Gasteiger partial charge >= 0.3 is 0 Å². The lowest BCUT2D eigenvalue weighted by Crippen LogP contribution is -2.35. The highest BCUT2D eigenvalue weighted by Gasteiger charge is 2.19. The number of nitrogens with one attached hydrogen (secondary N) is 2. The first-order chi connectivity index (χ1) is 8.70. The first kappa shape index (κ1) is 12.5. The van der Waals surface area contributed by atoms with Crippen LogP contribution in [0.3, 0.4) is 0 Å². The number of amides is 2. The van der Waals surface area contributed by atoms with E-state index in [1.165, 1.54) is 19.3 Å². The van der Waals surface area contributed by atoms with Gasteiger partial charge in [0.05, 0.1) is 12.6 Å². The van der Waals surface area contributed by atoms with E-state index in [-0.39, 0.29) is 23.6 Å². The Morgan fingerprint density at radius 1 is 1.44 bits per heavy atom. The molecular weight excluding hydrogens is 234 g/mol. The van der Waals surface area contributed by atoms with Gasteiger partial charge in [0.15, 0.2) is 0 Å². The zero-order valence-electron chi connectivity index (χ0n) is 10.1. The van der Waals surface area contributed by atoms with Gasteiger partial charge in [0.2, 0.25) is 0 Å². The summed E-state index contributed by atoms with van der Waals surface area (Å²) in [4.78, 5) is 27.3. The molecule has 0 saturated carbocycles. The largest absolute Gasteiger partial charge is 0.379 e. The molecule has 1 aliphatic rings. The van der Waals surface area contributed by atoms with Crippen LogP contribution in [0.2, 0.25) is 0 Å². The van der Waals surface area contributed by atoms with Gasteiger partial charge in [0.1, 0.15) is 5.69 Å². The third kappa shape index (κ3) is 2.84. The van der Waals surface area contributed by atoms with E-state index in [0.717, 1.165) is 6.42 Å². The number of rotatable bonds is 3. The zero-order valence-corrected chi connectivity index (χ0v) is 10.1. The number of pyridine rings is 1. The summed E-state index contributed by atoms with van der Waals surface area (Å²) in [5.41, 5.74) is 0.656. The van der Waals surface area contributed by atoms with Gasteiger partial charge in [-0.15, -0.1) is 0 Å². The van der Waals surface area contributed by atoms with Crippen LogP contribution < -0.4 is 10.6 Å². The first-order valence-electron chi connectivity index (χ1n) is 5.77. The van der Waals surface area contributed by atoms with Crippen molar-refractivity contribution in [2.45, 2.75) is 12.5 Å². The van der Waals surface area contributed by atoms with Crippen LogP contribution in [-0.4, -0.2) is 43.1 Å². The Bertz CT molecular complexity index is 456. The van der Waals surface area contributed by atoms with E-state index in [4.69, 9.17) is 4.74 Å². The number of nitrogens with zero attached hydrogens (tertiary/aromatic N) is 1. The quantitative estimate of drug-likeness (QED) is 0.787. The number of carbonyl (C=O) groups is 2. The van der Waals surface area contributed by atoms with Crippen molar-refractivity contribution in [1.29, 1.82) is 0 Å². The molecule has 96 valence electrons. The summed E-state index contributed by atoms with van der Waals surface area (Å²) in [5, 5.41) is 5.32. The predicted molar refractivity (Wildman–Crippen MR) is 64.3 cm³/mol. The number of carbonyl (C=O) groups excluding carboxylic acids is 2. The lowest BCUT2D eigenvalue weighted by atomic mass is 10.2. The third-order valence-electron chi connectivity index (χ3n) is 2.75. The Labute approximate surface area is 105 Å². The van der Waals surface area contributed by atoms with E-state index in [1.54, 1.807) is 6.07 Å². The Morgan fingerprint density at radius 3 is 2.94 bits per heavy atom. The number of hydrogen-bond donors (Lipinski definition) is 2. The highest BCUT2D eigenvalue weighted by atomic mass is 16.5. The van der Waals surface area contributed by atoms with Crippen molar-refractivity contribution in [2.24, 2.45) is 0 Å². The van der Waals surface area contributed by atoms with Crippen molar-refractivity contribution in [3.63, 3.8) is 0 Å². The Hall–Kier alpha value is -1.95. The molecule has 1 unspecified atom stereocenters. The zero-order chi connectivity index (χ0) is 13.0. The molecule has 0 radical (unpaired) electrons. The monoisotopic (exact) mass is 249 g/mol. The summed E-state index contributed by atoms with van der Waals surface area (Å²) in [6.45, 7) is 1.21. The molecule has 1 fully saturated rings. The second-order valence-electron chi connectivity index (χ2n) is 4.04. The van der Waals surface area contributed by atoms with Crippen molar-refractivity contribution in [2.75, 3.05) is 20.3 Å². The molecule has 6 heteroatoms. The van der Waals surface area contributed by atoms with Gasteiger partial charge in [0, 0.05) is 25.4 Å². The standard InChI is InChI=1S/C12H15N3O3/c1-13-12(17)10-6-8(2-4-14-10)11(16)15-9-3-5-18-7-9/h2,4,6,9H,3,5,7H2,1H3,(H,13,17)(H,15,16). The van der Waals surface area contributed by atoms with Crippen molar-refractivity contribution in [3.8, 4) is 0 Å². The van der Waals surface area contributed by atoms with Gasteiger partial charge in [-0.1, -0.05) is 0 Å². The molecule has 1 atom stereocenters. The average molecular weight is 249 g/mol. The first-order valence-corrected chi connectivity index (χ1v) is 5.77. The smallest absolute Gasteiger partial charge is 0.269 e. The van der Waals surface area contributed by atoms with Crippen LogP contribution in [0, 0.1) is 0 Å². The van der Waals surface area contributed by atoms with E-state index in [1.807, 2.05) is 0 Å². The summed E-state index contributed by atoms with van der Waals surface area (Å²) >= 11 is 0. The minimum atomic E-state index is -0.311. The average Bonchev–Trinajstić information content (AvgIpc) is 2.90. The van der Waals surface area contributed by atoms with Gasteiger partial charge in [-0.3, -0.25) is 14.6 Å². The lowest BCUT2D eigenvalue weighted by Gasteiger charge is -2.10. The van der Waals surface area contributed by atoms with Crippen molar-refractivity contribution < 1.29 is 14.3 Å². The van der Waals surface area contributed by atoms with Crippen LogP contribution in [0.5, 0.6) is 0 Å². The lowest BCUT2D eigenvalue weighted by molar-refractivity contribution is 0.0930. The molecule has 2 rings (SSSR count). The van der Waals surface area contributed by atoms with E-state index in [2.05, 4.69) is 15.6 Å². The molecule has 1 aromatic heterocycles. The number of hydrogen-bond acceptors (Lipinski definition) is 4. The molecule has 0 spiro atoms. The summed E-state index contributed by atoms with van der Waals surface area (Å²) in [5.74, 6) is -0.521. The van der Waals surface area contributed by atoms with Crippen LogP contribution in [-0.2, 0) is 4.74 Å². The minimum Gasteiger partial charge on any atom is -0.379 e. The Morgan fingerprint density at radius 2 is 2.28 bits per heavy atom. The van der Waals surface area contributed by atoms with Crippen LogP contribution in [0.25, 0.3) is 0 Å². The second-order valence-corrected chi connectivity index (χ2v) is 4.04. The van der Waals surface area contributed by atoms with Crippen molar-refractivity contribution in [3.05, 3.63) is 29.6 Å². The van der Waals surface area contributed by atoms with Crippen LogP contribution in [0.4, 0.5) is 0 Å². The molecule has 0 aliphatic carbocycles. The fraction of sp³-hybridized carbons (Fsp3) is 0.417. The van der Waals surface area contributed by atoms with E-state index < -0.39 is 0 Å². The molecule has 2 N–H and O–H groups in total. The normalized spacial score (nSPS) is 18.4. The summed E-state index contributed by atoms with van der Waals surface area (Å²) in [6, 6.07) is 3.11. The Kier molecular flexibility index (Phi) is 3.88. The van der Waals surface area contributed by atoms with Crippen molar-refractivity contribution in [1.82, 2.24) is 15.6 Å². The van der Waals surface area contributed by atoms with Gasteiger partial charge < -0.3 is 15.4 Å². The molecule has 2 heterocycles. The minimum absolute atomic E-state index is 0.0501. The van der Waals surface area contributed by atoms with Crippen LogP contribution in [0.1, 0.15) is 27.3 Å². The molecule has 1 saturated heterocycles. The Balaban J connectivity index is 2.07. The fourth-order valence-electron chi connectivity index (χ4n) is 1.74. The summed E-state index contributed by atoms with van der Waals surface area (Å²) in [7, 11) is 1.52. The number of aromatic nitrogens is 1. The topological polar surface area (TPSA) is 80.3 Å². The predicted octanol–water partition coefficient (Wildman–Crippen LogP) is -0.0401. The fourth-order valence-corrected chi connectivity index (χ4v) is 1.74. The molecule has 0 bridgehead atoms. The molecule has 1 aliphatic heterocycles. The van der Waals surface area contributed by atoms with Gasteiger partial charge in [-0.2, -0.15) is 0 Å². The molecule has 1 aromatic rings. The van der Waals surface area contributed by atoms with Crippen LogP contribution in [0.15, 0.2) is 18.3 Å². The van der Waals surface area contributed by atoms with Gasteiger partial charge in [-0.25, -0.2) is 0 Å². The maximum Gasteiger partial charge on any atom is 0.269 e. The molecule has 2 amide bonds. The molecule has 0 aromatic carbocycles. The van der Waals surface area contributed by atoms with Gasteiger partial charge in [0.25, 0.3) is 11.8 Å². The van der Waals surface area contributed by atoms with E-state index in [9.17, 15) is 9.59 Å². The van der Waals surface area contributed by atoms with Gasteiger partial charge in [-0.05, 0) is 18.6 Å². The summed E-state index contributed by atoms with van der Waals surface area (Å²) in [6.07, 6.45) is 2.27. The maximum absolute atomic E-state index is 11.9. The van der Waals surface area contributed by atoms with Crippen LogP contribution >= 0.6 is 0 Å². The van der Waals surface area contributed by atoms with E-state index in [0.29, 0.717) is 18.8 Å².